The Labute approximate surface area is 180 Å². The van der Waals surface area contributed by atoms with Crippen LogP contribution in [-0.4, -0.2) is 27.6 Å². The van der Waals surface area contributed by atoms with Crippen molar-refractivity contribution >= 4 is 51.9 Å². The third kappa shape index (κ3) is 6.14. The van der Waals surface area contributed by atoms with Crippen molar-refractivity contribution in [1.82, 2.24) is 4.90 Å². The lowest BCUT2D eigenvalue weighted by Crippen LogP contribution is -2.29. The average Bonchev–Trinajstić information content (AvgIpc) is 2.96. The van der Waals surface area contributed by atoms with Crippen molar-refractivity contribution in [2.75, 3.05) is 11.9 Å². The number of anilines is 1. The maximum atomic E-state index is 12.7. The van der Waals surface area contributed by atoms with Crippen molar-refractivity contribution in [1.29, 1.82) is 0 Å². The molecule has 0 saturated carbocycles. The first kappa shape index (κ1) is 21.0. The molecule has 2 aromatic rings. The van der Waals surface area contributed by atoms with Crippen LogP contribution >= 0.6 is 24.0 Å². The number of amides is 2. The van der Waals surface area contributed by atoms with E-state index in [1.165, 1.54) is 11.8 Å². The Morgan fingerprint density at radius 1 is 1.10 bits per heavy atom. The highest BCUT2D eigenvalue weighted by atomic mass is 32.2. The minimum absolute atomic E-state index is 0.0705. The molecule has 1 saturated heterocycles. The van der Waals surface area contributed by atoms with Gasteiger partial charge in [-0.25, -0.2) is 0 Å². The molecule has 4 nitrogen and oxygen atoms in total. The summed E-state index contributed by atoms with van der Waals surface area (Å²) < 4.78 is 0.539. The Morgan fingerprint density at radius 3 is 2.45 bits per heavy atom. The zero-order valence-electron chi connectivity index (χ0n) is 16.1. The lowest BCUT2D eigenvalue weighted by molar-refractivity contribution is -0.122. The lowest BCUT2D eigenvalue weighted by atomic mass is 10.1. The van der Waals surface area contributed by atoms with E-state index in [1.807, 2.05) is 79.7 Å². The van der Waals surface area contributed by atoms with Gasteiger partial charge in [0.2, 0.25) is 5.91 Å². The third-order valence-corrected chi connectivity index (χ3v) is 5.65. The van der Waals surface area contributed by atoms with Crippen LogP contribution in [0.1, 0.15) is 25.3 Å². The number of benzene rings is 2. The first-order valence-electron chi connectivity index (χ1n) is 9.36. The Balaban J connectivity index is 1.53. The summed E-state index contributed by atoms with van der Waals surface area (Å²) in [6.45, 7) is 2.40. The van der Waals surface area contributed by atoms with Crippen LogP contribution < -0.4 is 5.32 Å². The van der Waals surface area contributed by atoms with Crippen molar-refractivity contribution in [3.05, 3.63) is 82.8 Å². The summed E-state index contributed by atoms with van der Waals surface area (Å²) >= 11 is 6.68. The van der Waals surface area contributed by atoms with E-state index in [-0.39, 0.29) is 11.8 Å². The van der Waals surface area contributed by atoms with E-state index < -0.39 is 0 Å². The number of hydrogen-bond donors (Lipinski definition) is 1. The van der Waals surface area contributed by atoms with Gasteiger partial charge in [-0.15, -0.1) is 0 Å². The number of para-hydroxylation sites is 1. The maximum absolute atomic E-state index is 12.7. The summed E-state index contributed by atoms with van der Waals surface area (Å²) in [7, 11) is 0. The van der Waals surface area contributed by atoms with E-state index in [0.717, 1.165) is 16.8 Å². The Bertz CT molecular complexity index is 953. The summed E-state index contributed by atoms with van der Waals surface area (Å²) in [4.78, 5) is 27.0. The van der Waals surface area contributed by atoms with Gasteiger partial charge in [-0.2, -0.15) is 0 Å². The van der Waals surface area contributed by atoms with E-state index in [9.17, 15) is 9.59 Å². The Hall–Kier alpha value is -2.70. The molecular formula is C23H22N2O2S2. The standard InChI is InChI=1S/C23H22N2O2S2/c1-17(15-18-9-4-2-5-10-18)16-20-22(27)25(23(28)29-20)14-8-13-21(26)24-19-11-6-3-7-12-19/h2-7,9-12,15-16H,8,13-14H2,1H3,(H,24,26)/b17-15+,20-16-. The average molecular weight is 423 g/mol. The number of allylic oxidation sites excluding steroid dienone is 2. The topological polar surface area (TPSA) is 49.4 Å². The minimum atomic E-state index is -0.0933. The molecule has 1 aliphatic heterocycles. The molecule has 6 heteroatoms. The molecular weight excluding hydrogens is 400 g/mol. The van der Waals surface area contributed by atoms with Gasteiger partial charge in [-0.1, -0.05) is 78.6 Å². The number of carbonyl (C=O) groups is 2. The molecule has 0 bridgehead atoms. The fraction of sp³-hybridized carbons (Fsp3) is 0.174. The fourth-order valence-electron chi connectivity index (χ4n) is 2.90. The van der Waals surface area contributed by atoms with Crippen molar-refractivity contribution in [2.45, 2.75) is 19.8 Å². The van der Waals surface area contributed by atoms with E-state index in [1.54, 1.807) is 4.90 Å². The van der Waals surface area contributed by atoms with Crippen LogP contribution in [0, 0.1) is 0 Å². The van der Waals surface area contributed by atoms with Gasteiger partial charge < -0.3 is 5.32 Å². The van der Waals surface area contributed by atoms with Crippen LogP contribution in [0.5, 0.6) is 0 Å². The molecule has 1 heterocycles. The number of carbonyl (C=O) groups excluding carboxylic acids is 2. The minimum Gasteiger partial charge on any atom is -0.326 e. The predicted molar refractivity (Wildman–Crippen MR) is 124 cm³/mol. The second-order valence-electron chi connectivity index (χ2n) is 6.65. The molecule has 0 radical (unpaired) electrons. The number of nitrogens with zero attached hydrogens (tertiary/aromatic N) is 1. The SMILES string of the molecule is CC(/C=C1\SC(=S)N(CCCC(=O)Nc2ccccc2)C1=O)=C\c1ccccc1. The van der Waals surface area contributed by atoms with Crippen LogP contribution in [0.2, 0.25) is 0 Å². The summed E-state index contributed by atoms with van der Waals surface area (Å²) in [5, 5.41) is 2.85. The highest BCUT2D eigenvalue weighted by molar-refractivity contribution is 8.26. The zero-order chi connectivity index (χ0) is 20.6. The van der Waals surface area contributed by atoms with Crippen LogP contribution in [0.4, 0.5) is 5.69 Å². The molecule has 2 amide bonds. The van der Waals surface area contributed by atoms with Gasteiger partial charge >= 0.3 is 0 Å². The van der Waals surface area contributed by atoms with E-state index in [4.69, 9.17) is 12.2 Å². The second-order valence-corrected chi connectivity index (χ2v) is 8.33. The fourth-order valence-corrected chi connectivity index (χ4v) is 4.25. The summed E-state index contributed by atoms with van der Waals surface area (Å²) in [5.41, 5.74) is 2.84. The van der Waals surface area contributed by atoms with Gasteiger partial charge in [0.25, 0.3) is 5.91 Å². The molecule has 0 aliphatic carbocycles. The summed E-state index contributed by atoms with van der Waals surface area (Å²) in [6, 6.07) is 19.3. The smallest absolute Gasteiger partial charge is 0.266 e. The summed E-state index contributed by atoms with van der Waals surface area (Å²) in [5.74, 6) is -0.164. The number of nitrogens with one attached hydrogen (secondary N) is 1. The monoisotopic (exact) mass is 422 g/mol. The first-order valence-corrected chi connectivity index (χ1v) is 10.6. The van der Waals surface area contributed by atoms with Crippen molar-refractivity contribution in [2.24, 2.45) is 0 Å². The highest BCUT2D eigenvalue weighted by Crippen LogP contribution is 2.32. The van der Waals surface area contributed by atoms with Gasteiger partial charge in [0.1, 0.15) is 4.32 Å². The van der Waals surface area contributed by atoms with Crippen LogP contribution in [0.3, 0.4) is 0 Å². The van der Waals surface area contributed by atoms with E-state index in [2.05, 4.69) is 5.32 Å². The second kappa shape index (κ2) is 10.2. The van der Waals surface area contributed by atoms with Crippen LogP contribution in [0.15, 0.2) is 77.2 Å². The van der Waals surface area contributed by atoms with Gasteiger partial charge in [0, 0.05) is 18.7 Å². The molecule has 0 unspecified atom stereocenters. The van der Waals surface area contributed by atoms with Crippen LogP contribution in [0.25, 0.3) is 6.08 Å². The maximum Gasteiger partial charge on any atom is 0.266 e. The summed E-state index contributed by atoms with van der Waals surface area (Å²) in [6.07, 6.45) is 4.78. The highest BCUT2D eigenvalue weighted by Gasteiger charge is 2.31. The zero-order valence-corrected chi connectivity index (χ0v) is 17.8. The normalized spacial score (nSPS) is 15.8. The number of thiocarbonyl (C=S) groups is 1. The van der Waals surface area contributed by atoms with E-state index in [0.29, 0.717) is 28.6 Å². The van der Waals surface area contributed by atoms with Gasteiger partial charge in [-0.05, 0) is 42.7 Å². The number of rotatable bonds is 7. The molecule has 3 rings (SSSR count). The Morgan fingerprint density at radius 2 is 1.76 bits per heavy atom. The number of hydrogen-bond acceptors (Lipinski definition) is 4. The van der Waals surface area contributed by atoms with E-state index >= 15 is 0 Å². The van der Waals surface area contributed by atoms with Gasteiger partial charge in [0.15, 0.2) is 0 Å². The van der Waals surface area contributed by atoms with Crippen LogP contribution in [-0.2, 0) is 9.59 Å². The molecule has 1 N–H and O–H groups in total. The van der Waals surface area contributed by atoms with Crippen molar-refractivity contribution < 1.29 is 9.59 Å². The first-order chi connectivity index (χ1) is 14.0. The molecule has 2 aromatic carbocycles. The molecule has 29 heavy (non-hydrogen) atoms. The quantitative estimate of drug-likeness (QED) is 0.489. The number of thioether (sulfide) groups is 1. The molecule has 0 atom stereocenters. The Kier molecular flexibility index (Phi) is 7.38. The molecule has 1 aliphatic rings. The lowest BCUT2D eigenvalue weighted by Gasteiger charge is -2.14. The molecule has 0 spiro atoms. The van der Waals surface area contributed by atoms with Gasteiger partial charge in [0.05, 0.1) is 4.91 Å². The van der Waals surface area contributed by atoms with Crippen molar-refractivity contribution in [3.63, 3.8) is 0 Å². The van der Waals surface area contributed by atoms with Gasteiger partial charge in [-0.3, -0.25) is 14.5 Å². The largest absolute Gasteiger partial charge is 0.326 e. The molecule has 0 aromatic heterocycles. The van der Waals surface area contributed by atoms with Crippen molar-refractivity contribution in [3.8, 4) is 0 Å². The molecule has 148 valence electrons. The predicted octanol–water partition coefficient (Wildman–Crippen LogP) is 5.25. The molecule has 1 fully saturated rings. The third-order valence-electron chi connectivity index (χ3n) is 4.27.